The van der Waals surface area contributed by atoms with Gasteiger partial charge in [-0.05, 0) is 55.7 Å². The number of aliphatic hydroxyl groups is 1. The predicted octanol–water partition coefficient (Wildman–Crippen LogP) is 4.27. The number of methoxy groups -OCH3 is 1. The van der Waals surface area contributed by atoms with Gasteiger partial charge in [-0.25, -0.2) is 4.98 Å². The number of hydrogen-bond acceptors (Lipinski definition) is 9. The molecule has 0 aliphatic carbocycles. The van der Waals surface area contributed by atoms with Crippen LogP contribution >= 0.6 is 11.6 Å². The standard InChI is InChI=1S/C34H38ClN7O4/c1-20(43)15-36-16-22-7-10-29(39-17-22)33(45)41-27-6-4-5-25(21(27)2)32-31(35)26(13-14-38-32)28-11-8-23(34(42-28)46-3)18-37-19-24-9-12-30(44)40-24/h4-8,10-11,13-14,17,20,24,36-37,43H,9,12,15-16,18-19H2,1-3H3,(H,40,44)(H,41,45)/t20-,24-/m1/s1. The Hall–Kier alpha value is -4.42. The molecule has 0 saturated carbocycles. The maximum atomic E-state index is 13.1. The third-order valence-electron chi connectivity index (χ3n) is 7.75. The highest BCUT2D eigenvalue weighted by Gasteiger charge is 2.21. The molecule has 0 radical (unpaired) electrons. The van der Waals surface area contributed by atoms with Crippen LogP contribution in [0.15, 0.2) is 60.9 Å². The van der Waals surface area contributed by atoms with E-state index in [1.807, 2.05) is 49.4 Å². The van der Waals surface area contributed by atoms with Gasteiger partial charge in [0.15, 0.2) is 0 Å². The van der Waals surface area contributed by atoms with E-state index in [9.17, 15) is 14.7 Å². The van der Waals surface area contributed by atoms with E-state index in [-0.39, 0.29) is 23.6 Å². The molecular weight excluding hydrogens is 606 g/mol. The minimum absolute atomic E-state index is 0.0913. The maximum absolute atomic E-state index is 13.1. The van der Waals surface area contributed by atoms with Crippen molar-refractivity contribution in [2.45, 2.75) is 51.9 Å². The van der Waals surface area contributed by atoms with Crippen molar-refractivity contribution in [1.29, 1.82) is 0 Å². The fourth-order valence-corrected chi connectivity index (χ4v) is 5.58. The van der Waals surface area contributed by atoms with Gasteiger partial charge in [-0.15, -0.1) is 0 Å². The first kappa shape index (κ1) is 33.0. The van der Waals surface area contributed by atoms with Gasteiger partial charge in [0.25, 0.3) is 5.91 Å². The molecule has 1 fully saturated rings. The van der Waals surface area contributed by atoms with Crippen molar-refractivity contribution in [2.24, 2.45) is 0 Å². The van der Waals surface area contributed by atoms with E-state index in [0.29, 0.717) is 66.1 Å². The molecule has 2 atom stereocenters. The van der Waals surface area contributed by atoms with Crippen molar-refractivity contribution in [2.75, 3.05) is 25.5 Å². The number of rotatable bonds is 13. The van der Waals surface area contributed by atoms with Crippen molar-refractivity contribution >= 4 is 29.1 Å². The molecule has 4 heterocycles. The quantitative estimate of drug-likeness (QED) is 0.144. The zero-order valence-electron chi connectivity index (χ0n) is 26.1. The van der Waals surface area contributed by atoms with Gasteiger partial charge in [0.05, 0.1) is 29.6 Å². The summed E-state index contributed by atoms with van der Waals surface area (Å²) in [5.41, 5.74) is 6.15. The second-order valence-corrected chi connectivity index (χ2v) is 11.7. The summed E-state index contributed by atoms with van der Waals surface area (Å²) in [6, 6.07) is 14.9. The summed E-state index contributed by atoms with van der Waals surface area (Å²) in [5, 5.41) is 22.3. The summed E-state index contributed by atoms with van der Waals surface area (Å²) in [6.07, 6.45) is 4.28. The lowest BCUT2D eigenvalue weighted by atomic mass is 10.0. The van der Waals surface area contributed by atoms with E-state index in [4.69, 9.17) is 21.3 Å². The smallest absolute Gasteiger partial charge is 0.274 e. The number of carbonyl (C=O) groups is 2. The molecule has 0 bridgehead atoms. The van der Waals surface area contributed by atoms with Crippen molar-refractivity contribution in [3.8, 4) is 28.4 Å². The highest BCUT2D eigenvalue weighted by atomic mass is 35.5. The zero-order chi connectivity index (χ0) is 32.6. The van der Waals surface area contributed by atoms with Gasteiger partial charge < -0.3 is 31.1 Å². The number of nitrogens with zero attached hydrogens (tertiary/aromatic N) is 3. The number of amides is 2. The molecule has 5 N–H and O–H groups in total. The number of anilines is 1. The van der Waals surface area contributed by atoms with E-state index in [1.54, 1.807) is 32.5 Å². The van der Waals surface area contributed by atoms with E-state index < -0.39 is 6.10 Å². The van der Waals surface area contributed by atoms with Crippen molar-refractivity contribution in [3.05, 3.63) is 88.3 Å². The molecule has 1 aliphatic heterocycles. The maximum Gasteiger partial charge on any atom is 0.274 e. The molecule has 0 unspecified atom stereocenters. The van der Waals surface area contributed by atoms with Gasteiger partial charge in [0.1, 0.15) is 5.69 Å². The summed E-state index contributed by atoms with van der Waals surface area (Å²) >= 11 is 6.97. The van der Waals surface area contributed by atoms with Gasteiger partial charge in [0, 0.05) is 73.4 Å². The van der Waals surface area contributed by atoms with Crippen LogP contribution in [0.25, 0.3) is 22.5 Å². The molecule has 3 aromatic heterocycles. The fourth-order valence-electron chi connectivity index (χ4n) is 5.27. The lowest BCUT2D eigenvalue weighted by Crippen LogP contribution is -2.35. The number of nitrogens with one attached hydrogen (secondary N) is 4. The number of benzene rings is 1. The minimum atomic E-state index is -0.441. The monoisotopic (exact) mass is 643 g/mol. The van der Waals surface area contributed by atoms with Crippen molar-refractivity contribution in [3.63, 3.8) is 0 Å². The summed E-state index contributed by atoms with van der Waals surface area (Å²) in [6.45, 7) is 5.84. The van der Waals surface area contributed by atoms with Crippen LogP contribution in [0.5, 0.6) is 5.88 Å². The molecule has 1 saturated heterocycles. The first-order valence-electron chi connectivity index (χ1n) is 15.2. The Balaban J connectivity index is 1.30. The molecule has 1 aromatic carbocycles. The number of carbonyl (C=O) groups excluding carboxylic acids is 2. The number of hydrogen-bond donors (Lipinski definition) is 5. The lowest BCUT2D eigenvalue weighted by molar-refractivity contribution is -0.119. The molecule has 0 spiro atoms. The topological polar surface area (TPSA) is 150 Å². The Morgan fingerprint density at radius 3 is 2.67 bits per heavy atom. The van der Waals surface area contributed by atoms with Crippen molar-refractivity contribution in [1.82, 2.24) is 30.9 Å². The Labute approximate surface area is 273 Å². The first-order chi connectivity index (χ1) is 22.2. The van der Waals surface area contributed by atoms with Crippen LogP contribution in [0.3, 0.4) is 0 Å². The van der Waals surface area contributed by atoms with Crippen LogP contribution < -0.4 is 26.0 Å². The van der Waals surface area contributed by atoms with Crippen LogP contribution in [0, 0.1) is 6.92 Å². The van der Waals surface area contributed by atoms with Crippen LogP contribution in [-0.4, -0.2) is 64.2 Å². The SMILES string of the molecule is COc1nc(-c2ccnc(-c3cccc(NC(=O)c4ccc(CNC[C@@H](C)O)cn4)c3C)c2Cl)ccc1CNC[C@H]1CCC(=O)N1. The number of aromatic nitrogens is 3. The summed E-state index contributed by atoms with van der Waals surface area (Å²) < 4.78 is 5.61. The van der Waals surface area contributed by atoms with Gasteiger partial charge in [-0.1, -0.05) is 35.9 Å². The Bertz CT molecular complexity index is 1700. The van der Waals surface area contributed by atoms with Gasteiger partial charge in [-0.3, -0.25) is 19.6 Å². The van der Waals surface area contributed by atoms with E-state index in [0.717, 1.165) is 28.7 Å². The Morgan fingerprint density at radius 2 is 1.96 bits per heavy atom. The number of ether oxygens (including phenoxy) is 1. The summed E-state index contributed by atoms with van der Waals surface area (Å²) in [5.74, 6) is 0.234. The van der Waals surface area contributed by atoms with E-state index in [1.165, 1.54) is 0 Å². The zero-order valence-corrected chi connectivity index (χ0v) is 26.8. The molecular formula is C34H38ClN7O4. The Kier molecular flexibility index (Phi) is 10.9. The lowest BCUT2D eigenvalue weighted by Gasteiger charge is -2.16. The highest BCUT2D eigenvalue weighted by molar-refractivity contribution is 6.35. The molecule has 240 valence electrons. The van der Waals surface area contributed by atoms with Crippen LogP contribution in [0.1, 0.15) is 46.9 Å². The molecule has 5 rings (SSSR count). The van der Waals surface area contributed by atoms with Gasteiger partial charge in [0.2, 0.25) is 11.8 Å². The third kappa shape index (κ3) is 8.04. The van der Waals surface area contributed by atoms with E-state index in [2.05, 4.69) is 31.2 Å². The molecule has 12 heteroatoms. The molecule has 11 nitrogen and oxygen atoms in total. The fraction of sp³-hybridized carbons (Fsp3) is 0.324. The number of halogens is 1. The average Bonchev–Trinajstić information content (AvgIpc) is 3.47. The van der Waals surface area contributed by atoms with Crippen LogP contribution in [0.2, 0.25) is 5.02 Å². The minimum Gasteiger partial charge on any atom is -0.481 e. The first-order valence-corrected chi connectivity index (χ1v) is 15.5. The van der Waals surface area contributed by atoms with Gasteiger partial charge >= 0.3 is 0 Å². The molecule has 4 aromatic rings. The Morgan fingerprint density at radius 1 is 1.11 bits per heavy atom. The third-order valence-corrected chi connectivity index (χ3v) is 8.13. The normalized spacial score (nSPS) is 15.0. The van der Waals surface area contributed by atoms with Gasteiger partial charge in [-0.2, -0.15) is 0 Å². The average molecular weight is 644 g/mol. The van der Waals surface area contributed by atoms with E-state index >= 15 is 0 Å². The van der Waals surface area contributed by atoms with Crippen LogP contribution in [-0.2, 0) is 17.9 Å². The summed E-state index contributed by atoms with van der Waals surface area (Å²) in [7, 11) is 1.58. The molecule has 46 heavy (non-hydrogen) atoms. The highest BCUT2D eigenvalue weighted by Crippen LogP contribution is 2.38. The van der Waals surface area contributed by atoms with Crippen molar-refractivity contribution < 1.29 is 19.4 Å². The molecule has 1 aliphatic rings. The molecule has 2 amide bonds. The summed E-state index contributed by atoms with van der Waals surface area (Å²) in [4.78, 5) is 38.2. The number of aliphatic hydroxyl groups excluding tert-OH is 1. The second kappa shape index (κ2) is 15.2. The second-order valence-electron chi connectivity index (χ2n) is 11.3. The predicted molar refractivity (Wildman–Crippen MR) is 178 cm³/mol. The number of pyridine rings is 3. The van der Waals surface area contributed by atoms with Crippen LogP contribution in [0.4, 0.5) is 5.69 Å². The largest absolute Gasteiger partial charge is 0.481 e.